The number of ether oxygens (including phenoxy) is 2. The Kier molecular flexibility index (Phi) is 6.71. The zero-order chi connectivity index (χ0) is 23.5. The Morgan fingerprint density at radius 2 is 2.09 bits per heavy atom. The lowest BCUT2D eigenvalue weighted by Gasteiger charge is -2.33. The molecule has 9 heteroatoms. The summed E-state index contributed by atoms with van der Waals surface area (Å²) >= 11 is 0. The van der Waals surface area contributed by atoms with Crippen molar-refractivity contribution < 1.29 is 19.4 Å². The number of aryl methyl sites for hydroxylation is 1. The van der Waals surface area contributed by atoms with Crippen LogP contribution < -0.4 is 9.64 Å². The number of fused-ring (bicyclic) bond motifs is 1. The van der Waals surface area contributed by atoms with Gasteiger partial charge in [0.25, 0.3) is 5.91 Å². The molecule has 3 aromatic rings. The summed E-state index contributed by atoms with van der Waals surface area (Å²) in [6.45, 7) is 4.92. The Labute approximate surface area is 193 Å². The molecule has 33 heavy (non-hydrogen) atoms. The molecule has 0 aliphatic carbocycles. The molecule has 0 spiro atoms. The number of benzene rings is 1. The van der Waals surface area contributed by atoms with Gasteiger partial charge in [0.2, 0.25) is 5.88 Å². The first-order valence-electron chi connectivity index (χ1n) is 10.9. The van der Waals surface area contributed by atoms with E-state index in [1.807, 2.05) is 26.2 Å². The zero-order valence-corrected chi connectivity index (χ0v) is 19.4. The van der Waals surface area contributed by atoms with E-state index >= 15 is 0 Å². The van der Waals surface area contributed by atoms with Gasteiger partial charge < -0.3 is 24.4 Å². The average Bonchev–Trinajstić information content (AvgIpc) is 2.81. The molecule has 1 aromatic carbocycles. The van der Waals surface area contributed by atoms with E-state index in [0.717, 1.165) is 22.5 Å². The van der Waals surface area contributed by atoms with Gasteiger partial charge in [-0.25, -0.2) is 9.97 Å². The summed E-state index contributed by atoms with van der Waals surface area (Å²) in [5.41, 5.74) is 5.22. The largest absolute Gasteiger partial charge is 0.473 e. The summed E-state index contributed by atoms with van der Waals surface area (Å²) < 4.78 is 11.8. The van der Waals surface area contributed by atoms with Crippen LogP contribution in [0.3, 0.4) is 0 Å². The normalized spacial score (nSPS) is 17.1. The first-order chi connectivity index (χ1) is 15.8. The van der Waals surface area contributed by atoms with Crippen molar-refractivity contribution in [1.29, 1.82) is 0 Å². The second-order valence-electron chi connectivity index (χ2n) is 8.40. The highest BCUT2D eigenvalue weighted by molar-refractivity contribution is 5.84. The second-order valence-corrected chi connectivity index (χ2v) is 8.40. The molecule has 3 heterocycles. The molecule has 4 rings (SSSR count). The third-order valence-corrected chi connectivity index (χ3v) is 5.61. The number of morpholine rings is 1. The second kappa shape index (κ2) is 9.68. The smallest absolute Gasteiger partial charge is 0.251 e. The predicted octanol–water partition coefficient (Wildman–Crippen LogP) is 2.05. The molecular formula is C24H29N5O4. The van der Waals surface area contributed by atoms with Crippen LogP contribution in [0.15, 0.2) is 36.7 Å². The van der Waals surface area contributed by atoms with Crippen LogP contribution in [0.5, 0.6) is 5.88 Å². The van der Waals surface area contributed by atoms with E-state index in [2.05, 4.69) is 33.9 Å². The SMILES string of the molecule is Cc1cc(-c2cc3nccnc3c(OC[C@@H]3CN(C(=O)C(C)O)CCO3)n2)ccc1N(C)C. The maximum Gasteiger partial charge on any atom is 0.251 e. The van der Waals surface area contributed by atoms with Crippen molar-refractivity contribution in [1.82, 2.24) is 19.9 Å². The van der Waals surface area contributed by atoms with Crippen LogP contribution in [0.4, 0.5) is 5.69 Å². The van der Waals surface area contributed by atoms with E-state index in [1.54, 1.807) is 17.3 Å². The van der Waals surface area contributed by atoms with E-state index in [4.69, 9.17) is 14.5 Å². The van der Waals surface area contributed by atoms with Gasteiger partial charge in [0.1, 0.15) is 18.8 Å². The number of hydrogen-bond acceptors (Lipinski definition) is 8. The van der Waals surface area contributed by atoms with Crippen molar-refractivity contribution >= 4 is 22.6 Å². The Balaban J connectivity index is 1.59. The highest BCUT2D eigenvalue weighted by atomic mass is 16.5. The molecule has 9 nitrogen and oxygen atoms in total. The number of rotatable bonds is 6. The Morgan fingerprint density at radius 3 is 2.82 bits per heavy atom. The van der Waals surface area contributed by atoms with Crippen molar-refractivity contribution in [2.75, 3.05) is 45.3 Å². The molecule has 1 aliphatic rings. The van der Waals surface area contributed by atoms with Gasteiger partial charge in [-0.15, -0.1) is 0 Å². The van der Waals surface area contributed by atoms with Crippen LogP contribution in [-0.2, 0) is 9.53 Å². The monoisotopic (exact) mass is 451 g/mol. The Hall–Kier alpha value is -3.30. The van der Waals surface area contributed by atoms with E-state index in [1.165, 1.54) is 6.92 Å². The van der Waals surface area contributed by atoms with Gasteiger partial charge in [0, 0.05) is 44.3 Å². The molecule has 1 amide bonds. The molecule has 1 aliphatic heterocycles. The minimum absolute atomic E-state index is 0.199. The summed E-state index contributed by atoms with van der Waals surface area (Å²) in [6.07, 6.45) is 1.87. The van der Waals surface area contributed by atoms with Crippen molar-refractivity contribution in [3.05, 3.63) is 42.2 Å². The summed E-state index contributed by atoms with van der Waals surface area (Å²) in [4.78, 5) is 29.4. The lowest BCUT2D eigenvalue weighted by molar-refractivity contribution is -0.147. The lowest BCUT2D eigenvalue weighted by atomic mass is 10.1. The number of hydrogen-bond donors (Lipinski definition) is 1. The molecule has 1 unspecified atom stereocenters. The van der Waals surface area contributed by atoms with Crippen LogP contribution in [0.2, 0.25) is 0 Å². The van der Waals surface area contributed by atoms with E-state index < -0.39 is 6.10 Å². The topological polar surface area (TPSA) is 101 Å². The minimum Gasteiger partial charge on any atom is -0.473 e. The number of aromatic nitrogens is 3. The number of carbonyl (C=O) groups excluding carboxylic acids is 1. The van der Waals surface area contributed by atoms with Gasteiger partial charge >= 0.3 is 0 Å². The molecule has 1 N–H and O–H groups in total. The molecule has 0 bridgehead atoms. The first kappa shape index (κ1) is 22.9. The van der Waals surface area contributed by atoms with Crippen molar-refractivity contribution in [2.45, 2.75) is 26.1 Å². The van der Waals surface area contributed by atoms with Crippen molar-refractivity contribution in [2.24, 2.45) is 0 Å². The van der Waals surface area contributed by atoms with Crippen LogP contribution >= 0.6 is 0 Å². The number of carbonyl (C=O) groups is 1. The van der Waals surface area contributed by atoms with Crippen LogP contribution in [-0.4, -0.2) is 83.5 Å². The summed E-state index contributed by atoms with van der Waals surface area (Å²) in [7, 11) is 4.03. The molecule has 2 atom stereocenters. The van der Waals surface area contributed by atoms with Crippen molar-refractivity contribution in [3.63, 3.8) is 0 Å². The molecule has 1 saturated heterocycles. The van der Waals surface area contributed by atoms with E-state index in [9.17, 15) is 9.90 Å². The molecule has 174 valence electrons. The quantitative estimate of drug-likeness (QED) is 0.608. The maximum atomic E-state index is 12.1. The number of anilines is 1. The molecule has 0 saturated carbocycles. The number of nitrogens with zero attached hydrogens (tertiary/aromatic N) is 5. The Bertz CT molecular complexity index is 1150. The van der Waals surface area contributed by atoms with E-state index in [-0.39, 0.29) is 18.6 Å². The van der Waals surface area contributed by atoms with Gasteiger partial charge in [0.05, 0.1) is 24.4 Å². The summed E-state index contributed by atoms with van der Waals surface area (Å²) in [5, 5.41) is 9.60. The number of aliphatic hydroxyl groups excluding tert-OH is 1. The van der Waals surface area contributed by atoms with Gasteiger partial charge in [-0.2, -0.15) is 0 Å². The van der Waals surface area contributed by atoms with Gasteiger partial charge in [-0.05, 0) is 37.6 Å². The fourth-order valence-corrected chi connectivity index (χ4v) is 3.96. The summed E-state index contributed by atoms with van der Waals surface area (Å²) in [6, 6.07) is 8.09. The van der Waals surface area contributed by atoms with Gasteiger partial charge in [-0.3, -0.25) is 9.78 Å². The van der Waals surface area contributed by atoms with Crippen LogP contribution in [0, 0.1) is 6.92 Å². The molecule has 0 radical (unpaired) electrons. The fourth-order valence-electron chi connectivity index (χ4n) is 3.96. The highest BCUT2D eigenvalue weighted by Gasteiger charge is 2.27. The third-order valence-electron chi connectivity index (χ3n) is 5.61. The third kappa shape index (κ3) is 5.04. The maximum absolute atomic E-state index is 12.1. The number of amides is 1. The number of pyridine rings is 1. The highest BCUT2D eigenvalue weighted by Crippen LogP contribution is 2.30. The van der Waals surface area contributed by atoms with Gasteiger partial charge in [-0.1, -0.05) is 6.07 Å². The first-order valence-corrected chi connectivity index (χ1v) is 10.9. The minimum atomic E-state index is -1.04. The van der Waals surface area contributed by atoms with Crippen LogP contribution in [0.1, 0.15) is 12.5 Å². The van der Waals surface area contributed by atoms with Crippen molar-refractivity contribution in [3.8, 4) is 17.1 Å². The predicted molar refractivity (Wildman–Crippen MR) is 125 cm³/mol. The number of aliphatic hydroxyl groups is 1. The summed E-state index contributed by atoms with van der Waals surface area (Å²) in [5.74, 6) is 0.0591. The molecule has 2 aromatic heterocycles. The van der Waals surface area contributed by atoms with Gasteiger partial charge in [0.15, 0.2) is 5.52 Å². The lowest BCUT2D eigenvalue weighted by Crippen LogP contribution is -2.50. The average molecular weight is 452 g/mol. The molecular weight excluding hydrogens is 422 g/mol. The van der Waals surface area contributed by atoms with E-state index in [0.29, 0.717) is 36.6 Å². The fraction of sp³-hybridized carbons (Fsp3) is 0.417. The zero-order valence-electron chi connectivity index (χ0n) is 19.4. The Morgan fingerprint density at radius 1 is 1.30 bits per heavy atom. The molecule has 1 fully saturated rings. The standard InChI is InChI=1S/C24H29N5O4/c1-15-11-17(5-6-21(15)28(3)4)19-12-20-22(26-8-7-25-20)23(27-19)33-14-18-13-29(9-10-32-18)24(31)16(2)30/h5-8,11-12,16,18,30H,9-10,13-14H2,1-4H3/t16?,18-/m0/s1. The van der Waals surface area contributed by atoms with Crippen LogP contribution in [0.25, 0.3) is 22.3 Å².